The minimum Gasteiger partial charge on any atom is -0.492 e. The Balaban J connectivity index is 1.84. The molecule has 0 aliphatic heterocycles. The number of amides is 2. The zero-order valence-corrected chi connectivity index (χ0v) is 14.8. The van der Waals surface area contributed by atoms with Crippen molar-refractivity contribution in [2.45, 2.75) is 13.5 Å². The van der Waals surface area contributed by atoms with Gasteiger partial charge in [0, 0.05) is 18.8 Å². The van der Waals surface area contributed by atoms with Gasteiger partial charge in [-0.25, -0.2) is 9.18 Å². The molecule has 0 unspecified atom stereocenters. The highest BCUT2D eigenvalue weighted by molar-refractivity contribution is 5.89. The summed E-state index contributed by atoms with van der Waals surface area (Å²) in [5.41, 5.74) is 2.19. The lowest BCUT2D eigenvalue weighted by atomic mass is 10.2. The third-order valence-electron chi connectivity index (χ3n) is 3.60. The quantitative estimate of drug-likeness (QED) is 0.809. The average molecular weight is 345 g/mol. The molecule has 134 valence electrons. The molecule has 2 N–H and O–H groups in total. The van der Waals surface area contributed by atoms with Crippen molar-refractivity contribution in [3.8, 4) is 5.75 Å². The van der Waals surface area contributed by atoms with E-state index in [-0.39, 0.29) is 11.8 Å². The van der Waals surface area contributed by atoms with Gasteiger partial charge in [0.1, 0.15) is 18.2 Å². The summed E-state index contributed by atoms with van der Waals surface area (Å²) in [6.45, 7) is 3.56. The number of carbonyl (C=O) groups excluding carboxylic acids is 1. The number of ether oxygens (including phenoxy) is 1. The zero-order chi connectivity index (χ0) is 18.2. The number of likely N-dealkylation sites (N-methyl/N-ethyl adjacent to an activating group) is 1. The standard InChI is InChI=1S/C19H24FN3O2/c1-14-11-16(20)7-8-18(14)22-19(24)21-13-15-5-4-6-17(12-15)25-10-9-23(2)3/h4-8,11-12H,9-10,13H2,1-3H3,(H2,21,22,24). The Hall–Kier alpha value is -2.60. The van der Waals surface area contributed by atoms with Crippen molar-refractivity contribution in [1.82, 2.24) is 10.2 Å². The molecule has 0 aromatic heterocycles. The van der Waals surface area contributed by atoms with Crippen LogP contribution < -0.4 is 15.4 Å². The second-order valence-corrected chi connectivity index (χ2v) is 6.07. The van der Waals surface area contributed by atoms with Crippen LogP contribution in [0.1, 0.15) is 11.1 Å². The van der Waals surface area contributed by atoms with Gasteiger partial charge in [0.2, 0.25) is 0 Å². The molecule has 2 amide bonds. The fourth-order valence-corrected chi connectivity index (χ4v) is 2.21. The summed E-state index contributed by atoms with van der Waals surface area (Å²) in [6, 6.07) is 11.5. The first-order valence-corrected chi connectivity index (χ1v) is 8.11. The van der Waals surface area contributed by atoms with E-state index in [9.17, 15) is 9.18 Å². The van der Waals surface area contributed by atoms with Crippen LogP contribution in [0.4, 0.5) is 14.9 Å². The summed E-state index contributed by atoms with van der Waals surface area (Å²) in [5, 5.41) is 5.50. The normalized spacial score (nSPS) is 10.6. The number of carbonyl (C=O) groups is 1. The Morgan fingerprint density at radius 3 is 2.72 bits per heavy atom. The Morgan fingerprint density at radius 2 is 2.00 bits per heavy atom. The van der Waals surface area contributed by atoms with E-state index in [0.717, 1.165) is 17.9 Å². The van der Waals surface area contributed by atoms with Gasteiger partial charge in [-0.05, 0) is 62.5 Å². The number of benzene rings is 2. The van der Waals surface area contributed by atoms with E-state index in [2.05, 4.69) is 10.6 Å². The number of rotatable bonds is 7. The number of hydrogen-bond donors (Lipinski definition) is 2. The number of halogens is 1. The number of anilines is 1. The van der Waals surface area contributed by atoms with Crippen LogP contribution in [0, 0.1) is 12.7 Å². The van der Waals surface area contributed by atoms with Crippen molar-refractivity contribution < 1.29 is 13.9 Å². The lowest BCUT2D eigenvalue weighted by Gasteiger charge is -2.12. The first kappa shape index (κ1) is 18.7. The average Bonchev–Trinajstić information content (AvgIpc) is 2.56. The fourth-order valence-electron chi connectivity index (χ4n) is 2.21. The van der Waals surface area contributed by atoms with Gasteiger partial charge in [-0.15, -0.1) is 0 Å². The van der Waals surface area contributed by atoms with Gasteiger partial charge in [-0.1, -0.05) is 12.1 Å². The van der Waals surface area contributed by atoms with Gasteiger partial charge in [0.25, 0.3) is 0 Å². The maximum Gasteiger partial charge on any atom is 0.319 e. The largest absolute Gasteiger partial charge is 0.492 e. The summed E-state index contributed by atoms with van der Waals surface area (Å²) in [4.78, 5) is 14.1. The van der Waals surface area contributed by atoms with Crippen molar-refractivity contribution in [3.63, 3.8) is 0 Å². The lowest BCUT2D eigenvalue weighted by molar-refractivity contribution is 0.251. The molecule has 2 aromatic carbocycles. The predicted molar refractivity (Wildman–Crippen MR) is 97.5 cm³/mol. The molecular formula is C19H24FN3O2. The molecule has 5 nitrogen and oxygen atoms in total. The van der Waals surface area contributed by atoms with Gasteiger partial charge in [0.05, 0.1) is 0 Å². The van der Waals surface area contributed by atoms with Crippen LogP contribution in [0.5, 0.6) is 5.75 Å². The maximum absolute atomic E-state index is 13.1. The molecular weight excluding hydrogens is 321 g/mol. The zero-order valence-electron chi connectivity index (χ0n) is 14.8. The molecule has 0 radical (unpaired) electrons. The van der Waals surface area contributed by atoms with Crippen molar-refractivity contribution in [3.05, 3.63) is 59.4 Å². The van der Waals surface area contributed by atoms with Crippen molar-refractivity contribution >= 4 is 11.7 Å². The second kappa shape index (κ2) is 9.03. The molecule has 0 saturated heterocycles. The topological polar surface area (TPSA) is 53.6 Å². The third-order valence-corrected chi connectivity index (χ3v) is 3.60. The molecule has 2 aromatic rings. The van der Waals surface area contributed by atoms with Crippen LogP contribution in [0.15, 0.2) is 42.5 Å². The molecule has 2 rings (SSSR count). The molecule has 0 saturated carbocycles. The number of urea groups is 1. The number of nitrogens with one attached hydrogen (secondary N) is 2. The van der Waals surface area contributed by atoms with Gasteiger partial charge >= 0.3 is 6.03 Å². The van der Waals surface area contributed by atoms with Crippen LogP contribution in [-0.4, -0.2) is 38.2 Å². The van der Waals surface area contributed by atoms with Crippen molar-refractivity contribution in [1.29, 1.82) is 0 Å². The van der Waals surface area contributed by atoms with Crippen LogP contribution in [0.2, 0.25) is 0 Å². The second-order valence-electron chi connectivity index (χ2n) is 6.07. The molecule has 0 aliphatic rings. The van der Waals surface area contributed by atoms with Crippen LogP contribution >= 0.6 is 0 Å². The van der Waals surface area contributed by atoms with E-state index in [1.54, 1.807) is 13.0 Å². The first-order chi connectivity index (χ1) is 11.9. The molecule has 0 bridgehead atoms. The van der Waals surface area contributed by atoms with E-state index in [4.69, 9.17) is 4.74 Å². The Morgan fingerprint density at radius 1 is 1.20 bits per heavy atom. The van der Waals surface area contributed by atoms with Crippen LogP contribution in [-0.2, 0) is 6.54 Å². The summed E-state index contributed by atoms with van der Waals surface area (Å²) >= 11 is 0. The van der Waals surface area contributed by atoms with E-state index in [0.29, 0.717) is 24.4 Å². The molecule has 25 heavy (non-hydrogen) atoms. The lowest BCUT2D eigenvalue weighted by Crippen LogP contribution is -2.28. The van der Waals surface area contributed by atoms with Gasteiger partial charge in [-0.2, -0.15) is 0 Å². The first-order valence-electron chi connectivity index (χ1n) is 8.11. The smallest absolute Gasteiger partial charge is 0.319 e. The highest BCUT2D eigenvalue weighted by Crippen LogP contribution is 2.16. The third kappa shape index (κ3) is 6.43. The summed E-state index contributed by atoms with van der Waals surface area (Å²) in [6.07, 6.45) is 0. The van der Waals surface area contributed by atoms with E-state index in [1.807, 2.05) is 43.3 Å². The number of hydrogen-bond acceptors (Lipinski definition) is 3. The SMILES string of the molecule is Cc1cc(F)ccc1NC(=O)NCc1cccc(OCCN(C)C)c1. The van der Waals surface area contributed by atoms with Crippen molar-refractivity contribution in [2.75, 3.05) is 32.6 Å². The summed E-state index contributed by atoms with van der Waals surface area (Å²) < 4.78 is 18.8. The molecule has 6 heteroatoms. The Kier molecular flexibility index (Phi) is 6.77. The molecule has 0 fully saturated rings. The Bertz CT molecular complexity index is 720. The summed E-state index contributed by atoms with van der Waals surface area (Å²) in [7, 11) is 3.98. The molecule has 0 aliphatic carbocycles. The molecule has 0 heterocycles. The fraction of sp³-hybridized carbons (Fsp3) is 0.316. The van der Waals surface area contributed by atoms with Crippen LogP contribution in [0.25, 0.3) is 0 Å². The van der Waals surface area contributed by atoms with Gasteiger partial charge in [-0.3, -0.25) is 0 Å². The number of aryl methyl sites for hydroxylation is 1. The Labute approximate surface area is 147 Å². The van der Waals surface area contributed by atoms with Crippen molar-refractivity contribution in [2.24, 2.45) is 0 Å². The van der Waals surface area contributed by atoms with E-state index >= 15 is 0 Å². The minimum atomic E-state index is -0.339. The van der Waals surface area contributed by atoms with E-state index in [1.165, 1.54) is 12.1 Å². The monoisotopic (exact) mass is 345 g/mol. The highest BCUT2D eigenvalue weighted by Gasteiger charge is 2.06. The molecule has 0 atom stereocenters. The van der Waals surface area contributed by atoms with Gasteiger partial charge in [0.15, 0.2) is 0 Å². The maximum atomic E-state index is 13.1. The summed E-state index contributed by atoms with van der Waals surface area (Å²) in [5.74, 6) is 0.450. The minimum absolute atomic E-state index is 0.325. The van der Waals surface area contributed by atoms with Crippen LogP contribution in [0.3, 0.4) is 0 Å². The predicted octanol–water partition coefficient (Wildman–Crippen LogP) is 3.40. The number of nitrogens with zero attached hydrogens (tertiary/aromatic N) is 1. The van der Waals surface area contributed by atoms with E-state index < -0.39 is 0 Å². The molecule has 0 spiro atoms. The van der Waals surface area contributed by atoms with Gasteiger partial charge < -0.3 is 20.3 Å². The highest BCUT2D eigenvalue weighted by atomic mass is 19.1.